The van der Waals surface area contributed by atoms with Gasteiger partial charge >= 0.3 is 0 Å². The Morgan fingerprint density at radius 3 is 2.63 bits per heavy atom. The van der Waals surface area contributed by atoms with Crippen LogP contribution in [0, 0.1) is 13.8 Å². The Kier molecular flexibility index (Phi) is 3.73. The maximum absolute atomic E-state index is 12.5. The number of halogens is 1. The van der Waals surface area contributed by atoms with E-state index in [1.54, 1.807) is 4.57 Å². The molecule has 0 aliphatic heterocycles. The molecule has 19 heavy (non-hydrogen) atoms. The van der Waals surface area contributed by atoms with E-state index in [-0.39, 0.29) is 18.0 Å². The normalized spacial score (nSPS) is 10.4. The lowest BCUT2D eigenvalue weighted by Gasteiger charge is -2.11. The minimum Gasteiger partial charge on any atom is -1.00 e. The summed E-state index contributed by atoms with van der Waals surface area (Å²) in [6.45, 7) is 3.87. The van der Waals surface area contributed by atoms with Crippen molar-refractivity contribution in [1.82, 2.24) is 9.55 Å². The van der Waals surface area contributed by atoms with Crippen LogP contribution < -0.4 is 18.0 Å². The van der Waals surface area contributed by atoms with Crippen molar-refractivity contribution < 1.29 is 12.4 Å². The SMILES string of the molecule is Cc1ccccc1-n1c(C)nc2ccsc2c1=O.[Cl-]. The highest BCUT2D eigenvalue weighted by Gasteiger charge is 2.11. The fourth-order valence-electron chi connectivity index (χ4n) is 2.12. The minimum atomic E-state index is 0. The number of hydrogen-bond donors (Lipinski definition) is 0. The third-order valence-corrected chi connectivity index (χ3v) is 3.90. The van der Waals surface area contributed by atoms with Crippen LogP contribution in [0.5, 0.6) is 0 Å². The van der Waals surface area contributed by atoms with Gasteiger partial charge in [0.25, 0.3) is 5.56 Å². The van der Waals surface area contributed by atoms with Gasteiger partial charge in [-0.2, -0.15) is 0 Å². The number of nitrogens with zero attached hydrogens (tertiary/aromatic N) is 2. The predicted molar refractivity (Wildman–Crippen MR) is 74.7 cm³/mol. The third-order valence-electron chi connectivity index (χ3n) is 3.00. The molecule has 3 aromatic rings. The molecule has 0 spiro atoms. The van der Waals surface area contributed by atoms with Crippen LogP contribution in [0.25, 0.3) is 15.9 Å². The molecule has 0 fully saturated rings. The van der Waals surface area contributed by atoms with E-state index in [1.165, 1.54) is 11.3 Å². The second-order valence-electron chi connectivity index (χ2n) is 4.22. The van der Waals surface area contributed by atoms with Gasteiger partial charge in [0, 0.05) is 0 Å². The van der Waals surface area contributed by atoms with Crippen molar-refractivity contribution in [1.29, 1.82) is 0 Å². The number of fused-ring (bicyclic) bond motifs is 1. The van der Waals surface area contributed by atoms with E-state index in [9.17, 15) is 4.79 Å². The van der Waals surface area contributed by atoms with Gasteiger partial charge in [-0.25, -0.2) is 4.98 Å². The van der Waals surface area contributed by atoms with Crippen molar-refractivity contribution in [2.45, 2.75) is 13.8 Å². The van der Waals surface area contributed by atoms with Crippen molar-refractivity contribution in [3.05, 3.63) is 57.5 Å². The quantitative estimate of drug-likeness (QED) is 0.636. The number of rotatable bonds is 1. The van der Waals surface area contributed by atoms with E-state index in [1.807, 2.05) is 49.6 Å². The maximum Gasteiger partial charge on any atom is 0.276 e. The highest BCUT2D eigenvalue weighted by atomic mass is 35.5. The van der Waals surface area contributed by atoms with E-state index < -0.39 is 0 Å². The lowest BCUT2D eigenvalue weighted by molar-refractivity contribution is -0.00000380. The van der Waals surface area contributed by atoms with Crippen LogP contribution >= 0.6 is 11.3 Å². The topological polar surface area (TPSA) is 34.9 Å². The molecule has 0 unspecified atom stereocenters. The fourth-order valence-corrected chi connectivity index (χ4v) is 2.88. The van der Waals surface area contributed by atoms with Gasteiger partial charge in [0.2, 0.25) is 0 Å². The van der Waals surface area contributed by atoms with Gasteiger partial charge in [0.1, 0.15) is 10.5 Å². The Balaban J connectivity index is 0.00000133. The molecule has 0 N–H and O–H groups in total. The second kappa shape index (κ2) is 5.15. The molecule has 0 saturated carbocycles. The molecule has 0 aliphatic carbocycles. The Labute approximate surface area is 121 Å². The molecule has 0 aliphatic rings. The summed E-state index contributed by atoms with van der Waals surface area (Å²) in [4.78, 5) is 17.0. The number of thiophene rings is 1. The van der Waals surface area contributed by atoms with Crippen LogP contribution in [-0.2, 0) is 0 Å². The smallest absolute Gasteiger partial charge is 0.276 e. The van der Waals surface area contributed by atoms with Crippen molar-refractivity contribution in [3.63, 3.8) is 0 Å². The highest BCUT2D eigenvalue weighted by Crippen LogP contribution is 2.18. The summed E-state index contributed by atoms with van der Waals surface area (Å²) < 4.78 is 2.40. The van der Waals surface area contributed by atoms with Gasteiger partial charge in [0.15, 0.2) is 0 Å². The summed E-state index contributed by atoms with van der Waals surface area (Å²) >= 11 is 1.44. The molecule has 2 heterocycles. The molecule has 98 valence electrons. The Bertz CT molecular complexity index is 791. The number of aryl methyl sites for hydroxylation is 2. The van der Waals surface area contributed by atoms with Crippen molar-refractivity contribution >= 4 is 21.6 Å². The standard InChI is InChI=1S/C14H12N2OS.ClH/c1-9-5-3-4-6-12(9)16-10(2)15-11-7-8-18-13(11)14(16)17;/h3-8H,1-2H3;1H/p-1. The molecule has 0 saturated heterocycles. The highest BCUT2D eigenvalue weighted by molar-refractivity contribution is 7.17. The summed E-state index contributed by atoms with van der Waals surface area (Å²) in [6.07, 6.45) is 0. The Hall–Kier alpha value is -1.65. The molecule has 0 radical (unpaired) electrons. The van der Waals surface area contributed by atoms with Crippen LogP contribution in [-0.4, -0.2) is 9.55 Å². The number of para-hydroxylation sites is 1. The van der Waals surface area contributed by atoms with Gasteiger partial charge in [-0.15, -0.1) is 11.3 Å². The van der Waals surface area contributed by atoms with Crippen LogP contribution in [0.2, 0.25) is 0 Å². The summed E-state index contributed by atoms with van der Waals surface area (Å²) in [5.41, 5.74) is 2.78. The van der Waals surface area contributed by atoms with E-state index in [0.717, 1.165) is 22.6 Å². The summed E-state index contributed by atoms with van der Waals surface area (Å²) in [6, 6.07) is 9.74. The van der Waals surface area contributed by atoms with E-state index in [2.05, 4.69) is 4.98 Å². The summed E-state index contributed by atoms with van der Waals surface area (Å²) in [5, 5.41) is 1.90. The molecular formula is C14H12ClN2OS-. The van der Waals surface area contributed by atoms with E-state index in [0.29, 0.717) is 4.70 Å². The van der Waals surface area contributed by atoms with Gasteiger partial charge < -0.3 is 12.4 Å². The lowest BCUT2D eigenvalue weighted by atomic mass is 10.2. The monoisotopic (exact) mass is 291 g/mol. The van der Waals surface area contributed by atoms with E-state index in [4.69, 9.17) is 0 Å². The molecule has 3 rings (SSSR count). The molecule has 5 heteroatoms. The summed E-state index contributed by atoms with van der Waals surface area (Å²) in [5.74, 6) is 0.722. The molecular weight excluding hydrogens is 280 g/mol. The fraction of sp³-hybridized carbons (Fsp3) is 0.143. The van der Waals surface area contributed by atoms with E-state index >= 15 is 0 Å². The second-order valence-corrected chi connectivity index (χ2v) is 5.14. The molecule has 0 bridgehead atoms. The number of hydrogen-bond acceptors (Lipinski definition) is 3. The zero-order chi connectivity index (χ0) is 12.7. The number of benzene rings is 1. The first-order valence-corrected chi connectivity index (χ1v) is 6.59. The zero-order valence-corrected chi connectivity index (χ0v) is 12.1. The predicted octanol–water partition coefficient (Wildman–Crippen LogP) is 0.0680. The molecule has 0 amide bonds. The van der Waals surface area contributed by atoms with Gasteiger partial charge in [-0.3, -0.25) is 9.36 Å². The third kappa shape index (κ3) is 2.17. The Morgan fingerprint density at radius 2 is 1.89 bits per heavy atom. The average molecular weight is 292 g/mol. The summed E-state index contributed by atoms with van der Waals surface area (Å²) in [7, 11) is 0. The largest absolute Gasteiger partial charge is 1.00 e. The lowest BCUT2D eigenvalue weighted by Crippen LogP contribution is -3.00. The molecule has 3 nitrogen and oxygen atoms in total. The number of aromatic nitrogens is 2. The molecule has 1 aromatic carbocycles. The van der Waals surface area contributed by atoms with Gasteiger partial charge in [-0.05, 0) is 36.9 Å². The van der Waals surface area contributed by atoms with Crippen molar-refractivity contribution in [2.24, 2.45) is 0 Å². The minimum absolute atomic E-state index is 0. The van der Waals surface area contributed by atoms with Gasteiger partial charge in [0.05, 0.1) is 11.2 Å². The molecule has 0 atom stereocenters. The maximum atomic E-state index is 12.5. The zero-order valence-electron chi connectivity index (χ0n) is 10.6. The van der Waals surface area contributed by atoms with Crippen molar-refractivity contribution in [2.75, 3.05) is 0 Å². The average Bonchev–Trinajstić information content (AvgIpc) is 2.79. The van der Waals surface area contributed by atoms with Crippen LogP contribution in [0.1, 0.15) is 11.4 Å². The van der Waals surface area contributed by atoms with Gasteiger partial charge in [-0.1, -0.05) is 18.2 Å². The first-order chi connectivity index (χ1) is 8.68. The first kappa shape index (κ1) is 13.8. The van der Waals surface area contributed by atoms with Crippen LogP contribution in [0.15, 0.2) is 40.5 Å². The molecule has 2 aromatic heterocycles. The first-order valence-electron chi connectivity index (χ1n) is 5.71. The van der Waals surface area contributed by atoms with Crippen molar-refractivity contribution in [3.8, 4) is 5.69 Å². The van der Waals surface area contributed by atoms with Crippen LogP contribution in [0.4, 0.5) is 0 Å². The van der Waals surface area contributed by atoms with Crippen LogP contribution in [0.3, 0.4) is 0 Å². The Morgan fingerprint density at radius 1 is 1.16 bits per heavy atom.